The van der Waals surface area contributed by atoms with Crippen molar-refractivity contribution in [2.75, 3.05) is 13.2 Å². The molecule has 0 spiro atoms. The van der Waals surface area contributed by atoms with Crippen molar-refractivity contribution in [3.8, 4) is 0 Å². The normalized spacial score (nSPS) is 19.0. The summed E-state index contributed by atoms with van der Waals surface area (Å²) in [6.45, 7) is 4.24. The maximum Gasteiger partial charge on any atom is 0.325 e. The lowest BCUT2D eigenvalue weighted by molar-refractivity contribution is -0.141. The number of esters is 1. The summed E-state index contributed by atoms with van der Waals surface area (Å²) in [5.74, 6) is -0.457. The van der Waals surface area contributed by atoms with Crippen molar-refractivity contribution in [1.82, 2.24) is 10.6 Å². The molecule has 0 fully saturated rings. The van der Waals surface area contributed by atoms with Gasteiger partial charge in [-0.05, 0) is 25.5 Å². The Balaban J connectivity index is 1.91. The summed E-state index contributed by atoms with van der Waals surface area (Å²) in [6, 6.07) is 7.41. The summed E-state index contributed by atoms with van der Waals surface area (Å²) in [6.07, 6.45) is 4.48. The number of hydrogen-bond acceptors (Lipinski definition) is 4. The van der Waals surface area contributed by atoms with E-state index in [0.29, 0.717) is 13.2 Å². The summed E-state index contributed by atoms with van der Waals surface area (Å²) in [4.78, 5) is 23.0. The number of nitrogens with one attached hydrogen (secondary N) is 2. The molecule has 1 atom stereocenters. The zero-order valence-corrected chi connectivity index (χ0v) is 13.4. The minimum absolute atomic E-state index is 0.147. The fourth-order valence-corrected chi connectivity index (χ4v) is 2.49. The highest BCUT2D eigenvalue weighted by Crippen LogP contribution is 2.35. The van der Waals surface area contributed by atoms with Crippen molar-refractivity contribution < 1.29 is 19.1 Å². The Bertz CT molecular complexity index is 590. The summed E-state index contributed by atoms with van der Waals surface area (Å²) < 4.78 is 10.5. The van der Waals surface area contributed by atoms with Crippen LogP contribution in [-0.2, 0) is 26.4 Å². The second kappa shape index (κ2) is 7.67. The van der Waals surface area contributed by atoms with Crippen LogP contribution in [0.1, 0.15) is 31.4 Å². The third-order valence-corrected chi connectivity index (χ3v) is 3.66. The number of rotatable bonds is 6. The van der Waals surface area contributed by atoms with Crippen LogP contribution in [0.4, 0.5) is 4.79 Å². The maximum atomic E-state index is 11.8. The Morgan fingerprint density at radius 2 is 2.09 bits per heavy atom. The zero-order valence-electron chi connectivity index (χ0n) is 13.4. The van der Waals surface area contributed by atoms with Crippen LogP contribution in [0, 0.1) is 0 Å². The van der Waals surface area contributed by atoms with Gasteiger partial charge in [-0.25, -0.2) is 4.79 Å². The minimum atomic E-state index is -0.457. The fraction of sp³-hybridized carbons (Fsp3) is 0.412. The van der Waals surface area contributed by atoms with Gasteiger partial charge < -0.3 is 20.1 Å². The Morgan fingerprint density at radius 1 is 1.30 bits per heavy atom. The van der Waals surface area contributed by atoms with Crippen LogP contribution in [0.25, 0.3) is 0 Å². The van der Waals surface area contributed by atoms with Gasteiger partial charge in [-0.3, -0.25) is 4.79 Å². The van der Waals surface area contributed by atoms with Crippen molar-refractivity contribution in [1.29, 1.82) is 0 Å². The molecule has 1 aliphatic rings. The largest absolute Gasteiger partial charge is 0.490 e. The molecule has 1 aromatic rings. The molecule has 23 heavy (non-hydrogen) atoms. The summed E-state index contributed by atoms with van der Waals surface area (Å²) in [7, 11) is 0. The number of hydrogen-bond donors (Lipinski definition) is 2. The van der Waals surface area contributed by atoms with Gasteiger partial charge in [-0.2, -0.15) is 0 Å². The molecule has 1 heterocycles. The molecular formula is C17H22N2O4. The van der Waals surface area contributed by atoms with Crippen molar-refractivity contribution >= 4 is 12.0 Å². The number of benzene rings is 1. The average Bonchev–Trinajstić information content (AvgIpc) is 2.99. The monoisotopic (exact) mass is 318 g/mol. The first-order chi connectivity index (χ1) is 11.0. The lowest BCUT2D eigenvalue weighted by Crippen LogP contribution is -2.39. The number of amides is 2. The van der Waals surface area contributed by atoms with Gasteiger partial charge >= 0.3 is 12.0 Å². The van der Waals surface area contributed by atoms with E-state index in [9.17, 15) is 9.59 Å². The van der Waals surface area contributed by atoms with Crippen LogP contribution in [-0.4, -0.2) is 25.2 Å². The van der Waals surface area contributed by atoms with E-state index in [0.717, 1.165) is 17.5 Å². The smallest absolute Gasteiger partial charge is 0.325 e. The first kappa shape index (κ1) is 16.9. The first-order valence-corrected chi connectivity index (χ1v) is 7.63. The van der Waals surface area contributed by atoms with Crippen molar-refractivity contribution in [3.05, 3.63) is 47.7 Å². The molecule has 1 unspecified atom stereocenters. The molecule has 0 aromatic heterocycles. The topological polar surface area (TPSA) is 76.7 Å². The minimum Gasteiger partial charge on any atom is -0.490 e. The van der Waals surface area contributed by atoms with E-state index in [1.165, 1.54) is 0 Å². The van der Waals surface area contributed by atoms with Gasteiger partial charge in [0.25, 0.3) is 0 Å². The van der Waals surface area contributed by atoms with Crippen molar-refractivity contribution in [2.24, 2.45) is 0 Å². The molecule has 0 saturated carbocycles. The molecule has 2 N–H and O–H groups in total. The highest BCUT2D eigenvalue weighted by molar-refractivity contribution is 5.80. The third kappa shape index (κ3) is 4.48. The van der Waals surface area contributed by atoms with Gasteiger partial charge in [0, 0.05) is 18.5 Å². The van der Waals surface area contributed by atoms with E-state index in [1.54, 1.807) is 13.2 Å². The molecule has 1 aromatic carbocycles. The fourth-order valence-electron chi connectivity index (χ4n) is 2.49. The van der Waals surface area contributed by atoms with Crippen LogP contribution >= 0.6 is 0 Å². The lowest BCUT2D eigenvalue weighted by Gasteiger charge is -2.27. The van der Waals surface area contributed by atoms with Crippen LogP contribution in [0.3, 0.4) is 0 Å². The van der Waals surface area contributed by atoms with Crippen LogP contribution in [0.5, 0.6) is 0 Å². The maximum absolute atomic E-state index is 11.8. The Kier molecular flexibility index (Phi) is 5.62. The molecule has 0 aliphatic carbocycles. The van der Waals surface area contributed by atoms with Crippen LogP contribution in [0.2, 0.25) is 0 Å². The summed E-state index contributed by atoms with van der Waals surface area (Å²) in [5.41, 5.74) is 1.61. The van der Waals surface area contributed by atoms with Gasteiger partial charge in [0.05, 0.1) is 12.9 Å². The number of carbonyl (C=O) groups excluding carboxylic acids is 2. The van der Waals surface area contributed by atoms with E-state index in [2.05, 4.69) is 10.6 Å². The molecule has 0 saturated heterocycles. The molecular weight excluding hydrogens is 296 g/mol. The summed E-state index contributed by atoms with van der Waals surface area (Å²) >= 11 is 0. The Hall–Kier alpha value is -2.50. The predicted octanol–water partition coefficient (Wildman–Crippen LogP) is 2.20. The van der Waals surface area contributed by atoms with E-state index in [-0.39, 0.29) is 6.54 Å². The van der Waals surface area contributed by atoms with E-state index >= 15 is 0 Å². The average molecular weight is 318 g/mol. The molecule has 2 rings (SSSR count). The van der Waals surface area contributed by atoms with Gasteiger partial charge in [-0.1, -0.05) is 24.3 Å². The predicted molar refractivity (Wildman–Crippen MR) is 85.5 cm³/mol. The number of ether oxygens (including phenoxy) is 2. The van der Waals surface area contributed by atoms with Crippen LogP contribution in [0.15, 0.2) is 36.6 Å². The second-order valence-corrected chi connectivity index (χ2v) is 5.42. The van der Waals surface area contributed by atoms with E-state index in [1.807, 2.05) is 37.3 Å². The molecule has 0 radical (unpaired) electrons. The highest BCUT2D eigenvalue weighted by atomic mass is 16.5. The molecule has 6 heteroatoms. The van der Waals surface area contributed by atoms with E-state index < -0.39 is 17.6 Å². The number of carbonyl (C=O) groups is 2. The molecule has 2 amide bonds. The van der Waals surface area contributed by atoms with E-state index in [4.69, 9.17) is 9.47 Å². The molecule has 124 valence electrons. The molecule has 6 nitrogen and oxygen atoms in total. The molecule has 0 bridgehead atoms. The summed E-state index contributed by atoms with van der Waals surface area (Å²) in [5, 5.41) is 5.21. The molecule has 1 aliphatic heterocycles. The number of urea groups is 1. The quantitative estimate of drug-likeness (QED) is 0.788. The SMILES string of the molecule is CCOC(=O)CNC(=O)NCc1ccccc1C1(C)CC=CO1. The Morgan fingerprint density at radius 3 is 2.78 bits per heavy atom. The Labute approximate surface area is 135 Å². The van der Waals surface area contributed by atoms with Gasteiger partial charge in [-0.15, -0.1) is 0 Å². The second-order valence-electron chi connectivity index (χ2n) is 5.42. The van der Waals surface area contributed by atoms with Gasteiger partial charge in [0.1, 0.15) is 12.1 Å². The highest BCUT2D eigenvalue weighted by Gasteiger charge is 2.31. The van der Waals surface area contributed by atoms with Crippen molar-refractivity contribution in [3.63, 3.8) is 0 Å². The first-order valence-electron chi connectivity index (χ1n) is 7.63. The zero-order chi connectivity index (χ0) is 16.7. The van der Waals surface area contributed by atoms with Gasteiger partial charge in [0.15, 0.2) is 0 Å². The standard InChI is InChI=1S/C17H22N2O4/c1-3-22-15(20)12-19-16(21)18-11-13-7-4-5-8-14(13)17(2)9-6-10-23-17/h4-8,10H,3,9,11-12H2,1-2H3,(H2,18,19,21). The van der Waals surface area contributed by atoms with Crippen molar-refractivity contribution in [2.45, 2.75) is 32.4 Å². The van der Waals surface area contributed by atoms with Gasteiger partial charge in [0.2, 0.25) is 0 Å². The van der Waals surface area contributed by atoms with Crippen LogP contribution < -0.4 is 10.6 Å². The lowest BCUT2D eigenvalue weighted by atomic mass is 9.89. The third-order valence-electron chi connectivity index (χ3n) is 3.66.